The smallest absolute Gasteiger partial charge is 0.257 e. The highest BCUT2D eigenvalue weighted by molar-refractivity contribution is 5.97. The van der Waals surface area contributed by atoms with Crippen molar-refractivity contribution in [3.05, 3.63) is 29.8 Å². The summed E-state index contributed by atoms with van der Waals surface area (Å²) in [6.45, 7) is 4.35. The Labute approximate surface area is 138 Å². The van der Waals surface area contributed by atoms with Crippen molar-refractivity contribution in [2.45, 2.75) is 24.9 Å². The molecule has 0 radical (unpaired) electrons. The van der Waals surface area contributed by atoms with E-state index in [2.05, 4.69) is 24.3 Å². The molecule has 0 aromatic heterocycles. The van der Waals surface area contributed by atoms with E-state index >= 15 is 0 Å². The molecule has 2 heterocycles. The lowest BCUT2D eigenvalue weighted by molar-refractivity contribution is 0.0115. The van der Waals surface area contributed by atoms with Crippen molar-refractivity contribution in [3.8, 4) is 5.75 Å². The minimum atomic E-state index is -0.244. The summed E-state index contributed by atoms with van der Waals surface area (Å²) in [5, 5.41) is 3.39. The monoisotopic (exact) mass is 317 g/mol. The van der Waals surface area contributed by atoms with Gasteiger partial charge in [0.25, 0.3) is 5.91 Å². The minimum Gasteiger partial charge on any atom is -0.484 e. The van der Waals surface area contributed by atoms with Gasteiger partial charge in [-0.05, 0) is 52.3 Å². The number of hydrogen-bond acceptors (Lipinski definition) is 4. The Kier molecular flexibility index (Phi) is 4.87. The van der Waals surface area contributed by atoms with E-state index in [0.717, 1.165) is 51.2 Å². The Hall–Kier alpha value is -1.59. The molecule has 0 aliphatic carbocycles. The molecule has 2 aliphatic rings. The second kappa shape index (κ2) is 6.89. The summed E-state index contributed by atoms with van der Waals surface area (Å²) in [6, 6.07) is 7.68. The third kappa shape index (κ3) is 3.67. The molecule has 0 atom stereocenters. The van der Waals surface area contributed by atoms with Crippen LogP contribution >= 0.6 is 0 Å². The summed E-state index contributed by atoms with van der Waals surface area (Å²) in [4.78, 5) is 17.1. The molecule has 1 aromatic rings. The Morgan fingerprint density at radius 3 is 2.74 bits per heavy atom. The number of rotatable bonds is 4. The number of amides is 1. The zero-order valence-electron chi connectivity index (χ0n) is 14.2. The van der Waals surface area contributed by atoms with Crippen molar-refractivity contribution >= 4 is 5.91 Å². The molecule has 1 spiro atoms. The quantitative estimate of drug-likeness (QED) is 0.916. The summed E-state index contributed by atoms with van der Waals surface area (Å²) in [5.41, 5.74) is 0.457. The zero-order chi connectivity index (χ0) is 16.3. The molecule has 1 saturated heterocycles. The first-order valence-corrected chi connectivity index (χ1v) is 8.52. The van der Waals surface area contributed by atoms with Gasteiger partial charge in [-0.2, -0.15) is 0 Å². The summed E-state index contributed by atoms with van der Waals surface area (Å²) >= 11 is 0. The van der Waals surface area contributed by atoms with Crippen molar-refractivity contribution in [1.82, 2.24) is 15.1 Å². The van der Waals surface area contributed by atoms with Gasteiger partial charge in [0.05, 0.1) is 12.1 Å². The van der Waals surface area contributed by atoms with E-state index in [1.165, 1.54) is 0 Å². The first-order chi connectivity index (χ1) is 11.1. The van der Waals surface area contributed by atoms with Crippen molar-refractivity contribution in [2.24, 2.45) is 0 Å². The van der Waals surface area contributed by atoms with Crippen LogP contribution in [-0.4, -0.2) is 68.1 Å². The van der Waals surface area contributed by atoms with Gasteiger partial charge in [0, 0.05) is 19.4 Å². The van der Waals surface area contributed by atoms with Crippen molar-refractivity contribution in [1.29, 1.82) is 0 Å². The van der Waals surface area contributed by atoms with Gasteiger partial charge in [0.15, 0.2) is 0 Å². The second-order valence-corrected chi connectivity index (χ2v) is 6.91. The van der Waals surface area contributed by atoms with Gasteiger partial charge in [-0.3, -0.25) is 4.79 Å². The number of carbonyl (C=O) groups is 1. The molecular weight excluding hydrogens is 290 g/mol. The number of carbonyl (C=O) groups excluding carboxylic acids is 1. The normalized spacial score (nSPS) is 20.3. The van der Waals surface area contributed by atoms with Crippen LogP contribution in [0.25, 0.3) is 0 Å². The fourth-order valence-electron chi connectivity index (χ4n) is 3.49. The number of nitrogens with one attached hydrogen (secondary N) is 1. The second-order valence-electron chi connectivity index (χ2n) is 6.91. The predicted molar refractivity (Wildman–Crippen MR) is 91.0 cm³/mol. The number of benzene rings is 1. The molecule has 126 valence electrons. The third-order valence-corrected chi connectivity index (χ3v) is 4.76. The standard InChI is InChI=1S/C18H27N3O2/c1-20(2)12-5-13-21-14-18(8-10-19-11-9-18)23-16-7-4-3-6-15(16)17(21)22/h3-4,6-7,19H,5,8-14H2,1-2H3. The van der Waals surface area contributed by atoms with Crippen LogP contribution in [0.15, 0.2) is 24.3 Å². The topological polar surface area (TPSA) is 44.8 Å². The lowest BCUT2D eigenvalue weighted by Crippen LogP contribution is -2.53. The van der Waals surface area contributed by atoms with E-state index in [0.29, 0.717) is 12.1 Å². The lowest BCUT2D eigenvalue weighted by atomic mass is 9.91. The Balaban J connectivity index is 1.85. The third-order valence-electron chi connectivity index (χ3n) is 4.76. The van der Waals surface area contributed by atoms with Crippen LogP contribution in [0.4, 0.5) is 0 Å². The summed E-state index contributed by atoms with van der Waals surface area (Å²) in [5.74, 6) is 0.851. The number of nitrogens with zero attached hydrogens (tertiary/aromatic N) is 2. The van der Waals surface area contributed by atoms with E-state index < -0.39 is 0 Å². The maximum absolute atomic E-state index is 13.0. The molecule has 23 heavy (non-hydrogen) atoms. The van der Waals surface area contributed by atoms with Crippen LogP contribution in [0.5, 0.6) is 5.75 Å². The molecule has 1 aromatic carbocycles. The Morgan fingerprint density at radius 2 is 2.00 bits per heavy atom. The van der Waals surface area contributed by atoms with Crippen LogP contribution in [0, 0.1) is 0 Å². The molecule has 1 amide bonds. The number of fused-ring (bicyclic) bond motifs is 1. The highest BCUT2D eigenvalue weighted by Crippen LogP contribution is 2.34. The van der Waals surface area contributed by atoms with E-state index in [-0.39, 0.29) is 11.5 Å². The summed E-state index contributed by atoms with van der Waals surface area (Å²) in [7, 11) is 4.13. The Bertz CT molecular complexity index is 553. The zero-order valence-corrected chi connectivity index (χ0v) is 14.2. The maximum atomic E-state index is 13.0. The van der Waals surface area contributed by atoms with Crippen molar-refractivity contribution in [2.75, 3.05) is 46.8 Å². The van der Waals surface area contributed by atoms with Crippen LogP contribution in [-0.2, 0) is 0 Å². The molecule has 1 N–H and O–H groups in total. The van der Waals surface area contributed by atoms with Gasteiger partial charge in [-0.25, -0.2) is 0 Å². The van der Waals surface area contributed by atoms with Crippen LogP contribution in [0.2, 0.25) is 0 Å². The van der Waals surface area contributed by atoms with E-state index in [1.807, 2.05) is 29.2 Å². The average molecular weight is 317 g/mol. The number of piperidine rings is 1. The van der Waals surface area contributed by atoms with Gasteiger partial charge in [0.2, 0.25) is 0 Å². The van der Waals surface area contributed by atoms with E-state index in [9.17, 15) is 4.79 Å². The fourth-order valence-corrected chi connectivity index (χ4v) is 3.49. The van der Waals surface area contributed by atoms with E-state index in [4.69, 9.17) is 4.74 Å². The molecule has 0 saturated carbocycles. The van der Waals surface area contributed by atoms with Crippen LogP contribution in [0.1, 0.15) is 29.6 Å². The highest BCUT2D eigenvalue weighted by atomic mass is 16.5. The van der Waals surface area contributed by atoms with Gasteiger partial charge >= 0.3 is 0 Å². The SMILES string of the molecule is CN(C)CCCN1CC2(CCNCC2)Oc2ccccc2C1=O. The lowest BCUT2D eigenvalue weighted by Gasteiger charge is -2.39. The first-order valence-electron chi connectivity index (χ1n) is 8.52. The number of ether oxygens (including phenoxy) is 1. The first kappa shape index (κ1) is 16.3. The summed E-state index contributed by atoms with van der Waals surface area (Å²) < 4.78 is 6.40. The number of para-hydroxylation sites is 1. The molecule has 0 unspecified atom stereocenters. The average Bonchev–Trinajstić information content (AvgIpc) is 2.64. The molecule has 1 fully saturated rings. The van der Waals surface area contributed by atoms with Crippen LogP contribution < -0.4 is 10.1 Å². The Morgan fingerprint density at radius 1 is 1.26 bits per heavy atom. The van der Waals surface area contributed by atoms with Gasteiger partial charge in [-0.15, -0.1) is 0 Å². The molecular formula is C18H27N3O2. The fraction of sp³-hybridized carbons (Fsp3) is 0.611. The largest absolute Gasteiger partial charge is 0.484 e. The summed E-state index contributed by atoms with van der Waals surface area (Å²) in [6.07, 6.45) is 2.87. The van der Waals surface area contributed by atoms with Crippen molar-refractivity contribution in [3.63, 3.8) is 0 Å². The van der Waals surface area contributed by atoms with Gasteiger partial charge in [-0.1, -0.05) is 12.1 Å². The molecule has 5 heteroatoms. The van der Waals surface area contributed by atoms with Gasteiger partial charge in [0.1, 0.15) is 11.4 Å². The molecule has 3 rings (SSSR count). The van der Waals surface area contributed by atoms with E-state index in [1.54, 1.807) is 0 Å². The maximum Gasteiger partial charge on any atom is 0.257 e. The van der Waals surface area contributed by atoms with Gasteiger partial charge < -0.3 is 19.9 Å². The minimum absolute atomic E-state index is 0.106. The highest BCUT2D eigenvalue weighted by Gasteiger charge is 2.41. The predicted octanol–water partition coefficient (Wildman–Crippen LogP) is 1.60. The number of hydrogen-bond donors (Lipinski definition) is 1. The molecule has 2 aliphatic heterocycles. The molecule has 0 bridgehead atoms. The van der Waals surface area contributed by atoms with Crippen molar-refractivity contribution < 1.29 is 9.53 Å². The molecule has 5 nitrogen and oxygen atoms in total. The van der Waals surface area contributed by atoms with Crippen LogP contribution in [0.3, 0.4) is 0 Å².